The number of hydrogen-bond donors (Lipinski definition) is 1. The molecule has 0 atom stereocenters. The third-order valence-electron chi connectivity index (χ3n) is 5.92. The van der Waals surface area contributed by atoms with Crippen molar-refractivity contribution in [3.8, 4) is 28.6 Å². The summed E-state index contributed by atoms with van der Waals surface area (Å²) in [6.07, 6.45) is 4.38. The molecule has 0 saturated heterocycles. The second-order valence-corrected chi connectivity index (χ2v) is 10.3. The molecule has 0 spiro atoms. The number of rotatable bonds is 4. The predicted molar refractivity (Wildman–Crippen MR) is 133 cm³/mol. The normalized spacial score (nSPS) is 16.2. The van der Waals surface area contributed by atoms with E-state index in [1.54, 1.807) is 10.9 Å². The molecule has 9 nitrogen and oxygen atoms in total. The highest BCUT2D eigenvalue weighted by atomic mass is 32.1. The molecule has 6 rings (SSSR count). The highest BCUT2D eigenvalue weighted by Crippen LogP contribution is 2.42. The molecule has 2 aliphatic rings. The number of nitrogens with zero attached hydrogens (tertiary/aromatic N) is 5. The van der Waals surface area contributed by atoms with Crippen LogP contribution in [0.5, 0.6) is 17.4 Å². The van der Waals surface area contributed by atoms with Crippen LogP contribution < -0.4 is 19.7 Å². The Morgan fingerprint density at radius 1 is 1.20 bits per heavy atom. The Balaban J connectivity index is 1.30. The van der Waals surface area contributed by atoms with Gasteiger partial charge in [-0.25, -0.2) is 9.97 Å². The van der Waals surface area contributed by atoms with E-state index in [0.29, 0.717) is 36.1 Å². The van der Waals surface area contributed by atoms with Gasteiger partial charge in [-0.2, -0.15) is 5.10 Å². The molecular formula is C25H24N6O3S. The summed E-state index contributed by atoms with van der Waals surface area (Å²) in [5.74, 6) is 1.80. The fourth-order valence-electron chi connectivity index (χ4n) is 4.35. The summed E-state index contributed by atoms with van der Waals surface area (Å²) in [6.45, 7) is 5.18. The van der Waals surface area contributed by atoms with Gasteiger partial charge in [0, 0.05) is 42.9 Å². The molecule has 1 aromatic carbocycles. The van der Waals surface area contributed by atoms with Crippen LogP contribution >= 0.6 is 11.3 Å². The summed E-state index contributed by atoms with van der Waals surface area (Å²) in [5, 5.41) is 8.05. The van der Waals surface area contributed by atoms with Crippen LogP contribution in [0.4, 0.5) is 10.8 Å². The molecule has 1 N–H and O–H groups in total. The van der Waals surface area contributed by atoms with E-state index in [-0.39, 0.29) is 11.4 Å². The lowest BCUT2D eigenvalue weighted by atomic mass is 9.94. The van der Waals surface area contributed by atoms with Gasteiger partial charge >= 0.3 is 0 Å². The van der Waals surface area contributed by atoms with Crippen LogP contribution in [0.3, 0.4) is 0 Å². The first-order valence-electron chi connectivity index (χ1n) is 11.4. The van der Waals surface area contributed by atoms with Crippen molar-refractivity contribution in [1.82, 2.24) is 25.1 Å². The van der Waals surface area contributed by atoms with Gasteiger partial charge in [-0.1, -0.05) is 17.4 Å². The van der Waals surface area contributed by atoms with Crippen molar-refractivity contribution in [3.05, 3.63) is 59.4 Å². The van der Waals surface area contributed by atoms with Gasteiger partial charge in [-0.3, -0.25) is 9.48 Å². The quantitative estimate of drug-likeness (QED) is 0.457. The van der Waals surface area contributed by atoms with Crippen molar-refractivity contribution in [2.45, 2.75) is 25.8 Å². The number of benzene rings is 1. The molecule has 0 bridgehead atoms. The molecule has 0 aliphatic carbocycles. The van der Waals surface area contributed by atoms with E-state index >= 15 is 0 Å². The van der Waals surface area contributed by atoms with Crippen LogP contribution in [0.15, 0.2) is 48.8 Å². The molecule has 0 fully saturated rings. The van der Waals surface area contributed by atoms with Crippen molar-refractivity contribution in [1.29, 1.82) is 0 Å². The number of amides is 1. The third kappa shape index (κ3) is 4.10. The van der Waals surface area contributed by atoms with E-state index in [9.17, 15) is 4.79 Å². The molecule has 0 saturated carbocycles. The van der Waals surface area contributed by atoms with Gasteiger partial charge in [0.15, 0.2) is 5.13 Å². The number of aryl methyl sites for hydroxylation is 1. The smallest absolute Gasteiger partial charge is 0.263 e. The topological polar surface area (TPSA) is 94.4 Å². The van der Waals surface area contributed by atoms with Crippen molar-refractivity contribution >= 4 is 28.1 Å². The molecule has 178 valence electrons. The summed E-state index contributed by atoms with van der Waals surface area (Å²) in [5.41, 5.74) is 3.09. The zero-order chi connectivity index (χ0) is 24.2. The number of nitrogens with one attached hydrogen (secondary N) is 1. The van der Waals surface area contributed by atoms with Gasteiger partial charge in [0.2, 0.25) is 5.88 Å². The van der Waals surface area contributed by atoms with Crippen LogP contribution in [-0.2, 0) is 13.5 Å². The molecule has 10 heteroatoms. The minimum Gasteiger partial charge on any atom is -0.490 e. The molecule has 3 aromatic heterocycles. The Hall–Kier alpha value is -3.92. The number of carbonyl (C=O) groups excluding carboxylic acids is 1. The largest absolute Gasteiger partial charge is 0.490 e. The first kappa shape index (κ1) is 21.6. The lowest BCUT2D eigenvalue weighted by Gasteiger charge is -2.29. The first-order valence-corrected chi connectivity index (χ1v) is 12.2. The number of hydrogen-bond acceptors (Lipinski definition) is 8. The fraction of sp³-hybridized carbons (Fsp3) is 0.280. The van der Waals surface area contributed by atoms with Gasteiger partial charge in [-0.05, 0) is 32.0 Å². The van der Waals surface area contributed by atoms with Crippen LogP contribution in [0.2, 0.25) is 0 Å². The molecule has 5 heterocycles. The number of pyridine rings is 1. The third-order valence-corrected chi connectivity index (χ3v) is 7.04. The predicted octanol–water partition coefficient (Wildman–Crippen LogP) is 4.33. The number of thiazole rings is 1. The highest BCUT2D eigenvalue weighted by Gasteiger charge is 2.34. The second-order valence-electron chi connectivity index (χ2n) is 9.28. The molecular weight excluding hydrogens is 464 g/mol. The summed E-state index contributed by atoms with van der Waals surface area (Å²) in [6, 6.07) is 11.3. The number of fused-ring (bicyclic) bond motifs is 2. The van der Waals surface area contributed by atoms with Gasteiger partial charge in [0.05, 0.1) is 29.8 Å². The zero-order valence-corrected chi connectivity index (χ0v) is 20.4. The SMILES string of the molecule is Cn1cc(-c2cccc(Oc3ccc4c(c3)N(c3nc5c(s3)C(=O)NC(C)(C)C5)CCO4)n2)cn1. The Labute approximate surface area is 206 Å². The molecule has 0 radical (unpaired) electrons. The van der Waals surface area contributed by atoms with Gasteiger partial charge in [0.25, 0.3) is 5.91 Å². The summed E-state index contributed by atoms with van der Waals surface area (Å²) < 4.78 is 13.8. The summed E-state index contributed by atoms with van der Waals surface area (Å²) in [7, 11) is 1.87. The second kappa shape index (κ2) is 8.09. The number of aromatic nitrogens is 4. The number of carbonyl (C=O) groups is 1. The lowest BCUT2D eigenvalue weighted by Crippen LogP contribution is -2.48. The van der Waals surface area contributed by atoms with E-state index < -0.39 is 0 Å². The van der Waals surface area contributed by atoms with Gasteiger partial charge in [-0.15, -0.1) is 0 Å². The van der Waals surface area contributed by atoms with E-state index in [4.69, 9.17) is 14.5 Å². The van der Waals surface area contributed by atoms with Crippen molar-refractivity contribution in [3.63, 3.8) is 0 Å². The first-order chi connectivity index (χ1) is 16.8. The Bertz CT molecular complexity index is 1440. The summed E-state index contributed by atoms with van der Waals surface area (Å²) >= 11 is 1.41. The maximum atomic E-state index is 12.6. The number of anilines is 2. The average molecular weight is 489 g/mol. The van der Waals surface area contributed by atoms with E-state index in [1.807, 2.05) is 63.5 Å². The zero-order valence-electron chi connectivity index (χ0n) is 19.6. The monoisotopic (exact) mass is 488 g/mol. The Morgan fingerprint density at radius 2 is 2.09 bits per heavy atom. The van der Waals surface area contributed by atoms with Crippen molar-refractivity contribution in [2.24, 2.45) is 7.05 Å². The van der Waals surface area contributed by atoms with Gasteiger partial charge < -0.3 is 19.7 Å². The molecule has 2 aliphatic heterocycles. The average Bonchev–Trinajstić information content (AvgIpc) is 3.44. The van der Waals surface area contributed by atoms with E-state index in [1.165, 1.54) is 11.3 Å². The molecule has 35 heavy (non-hydrogen) atoms. The van der Waals surface area contributed by atoms with Gasteiger partial charge in [0.1, 0.15) is 23.0 Å². The fourth-order valence-corrected chi connectivity index (χ4v) is 5.36. The molecule has 0 unspecified atom stereocenters. The summed E-state index contributed by atoms with van der Waals surface area (Å²) in [4.78, 5) is 24.9. The van der Waals surface area contributed by atoms with E-state index in [0.717, 1.165) is 33.5 Å². The minimum atomic E-state index is -0.309. The van der Waals surface area contributed by atoms with Crippen molar-refractivity contribution in [2.75, 3.05) is 18.1 Å². The van der Waals surface area contributed by atoms with Crippen molar-refractivity contribution < 1.29 is 14.3 Å². The van der Waals surface area contributed by atoms with Crippen LogP contribution in [0.25, 0.3) is 11.3 Å². The Kier molecular flexibility index (Phi) is 4.99. The maximum absolute atomic E-state index is 12.6. The Morgan fingerprint density at radius 3 is 2.91 bits per heavy atom. The molecule has 1 amide bonds. The minimum absolute atomic E-state index is 0.0647. The standard InChI is InChI=1S/C25H24N6O3S/c1-25(2)12-18-22(23(32)29-25)35-24(28-18)31-9-10-33-20-8-7-16(11-19(20)31)34-21-6-4-5-17(27-21)15-13-26-30(3)14-15/h4-8,11,13-14H,9-10,12H2,1-3H3,(H,29,32). The molecule has 4 aromatic rings. The van der Waals surface area contributed by atoms with Crippen LogP contribution in [0, 0.1) is 0 Å². The number of ether oxygens (including phenoxy) is 2. The van der Waals surface area contributed by atoms with Crippen LogP contribution in [0.1, 0.15) is 29.2 Å². The lowest BCUT2D eigenvalue weighted by molar-refractivity contribution is 0.0901. The van der Waals surface area contributed by atoms with E-state index in [2.05, 4.69) is 20.3 Å². The highest BCUT2D eigenvalue weighted by molar-refractivity contribution is 7.17. The maximum Gasteiger partial charge on any atom is 0.263 e. The van der Waals surface area contributed by atoms with Crippen LogP contribution in [-0.4, -0.2) is 44.3 Å².